The summed E-state index contributed by atoms with van der Waals surface area (Å²) >= 11 is 0. The van der Waals surface area contributed by atoms with Crippen LogP contribution >= 0.6 is 34.0 Å². The van der Waals surface area contributed by atoms with Crippen molar-refractivity contribution in [1.29, 1.82) is 0 Å². The highest BCUT2D eigenvalue weighted by Gasteiger charge is 2.22. The van der Waals surface area contributed by atoms with Gasteiger partial charge >= 0.3 is 5.97 Å². The van der Waals surface area contributed by atoms with Gasteiger partial charge in [-0.05, 0) is 57.1 Å². The Morgan fingerprint density at radius 3 is 2.57 bits per heavy atom. The minimum absolute atomic E-state index is 0. The zero-order valence-electron chi connectivity index (χ0n) is 16.7. The monoisotopic (exact) mass is 443 g/mol. The van der Waals surface area contributed by atoms with Crippen molar-refractivity contribution in [1.82, 2.24) is 4.90 Å². The van der Waals surface area contributed by atoms with E-state index in [-0.39, 0.29) is 24.5 Å². The fraction of sp³-hybridized carbons (Fsp3) is 0.682. The molecular weight excluding hydrogens is 410 g/mol. The third-order valence-corrected chi connectivity index (χ3v) is 8.51. The van der Waals surface area contributed by atoms with E-state index >= 15 is 0 Å². The number of benzene rings is 1. The van der Waals surface area contributed by atoms with Gasteiger partial charge in [-0.3, -0.25) is 4.79 Å². The van der Waals surface area contributed by atoms with Gasteiger partial charge < -0.3 is 9.64 Å². The van der Waals surface area contributed by atoms with Crippen LogP contribution in [0.2, 0.25) is 0 Å². The maximum Gasteiger partial charge on any atom is 0.306 e. The van der Waals surface area contributed by atoms with Gasteiger partial charge in [0.25, 0.3) is 0 Å². The van der Waals surface area contributed by atoms with E-state index in [1.54, 1.807) is 0 Å². The normalized spacial score (nSPS) is 20.6. The van der Waals surface area contributed by atoms with Crippen LogP contribution in [0.5, 0.6) is 0 Å². The molecule has 1 unspecified atom stereocenters. The molecule has 1 atom stereocenters. The molecule has 0 N–H and O–H groups in total. The van der Waals surface area contributed by atoms with Crippen molar-refractivity contribution in [3.05, 3.63) is 35.9 Å². The molecule has 1 aromatic carbocycles. The molecule has 158 valence electrons. The predicted octanol–water partition coefficient (Wildman–Crippen LogP) is 5.76. The predicted molar refractivity (Wildman–Crippen MR) is 124 cm³/mol. The maximum atomic E-state index is 12.1. The minimum Gasteiger partial charge on any atom is -0.462 e. The summed E-state index contributed by atoms with van der Waals surface area (Å²) in [6.45, 7) is 3.26. The van der Waals surface area contributed by atoms with Crippen LogP contribution in [0.25, 0.3) is 0 Å². The van der Waals surface area contributed by atoms with Crippen molar-refractivity contribution in [2.24, 2.45) is 0 Å². The largest absolute Gasteiger partial charge is 0.462 e. The van der Waals surface area contributed by atoms with E-state index in [1.165, 1.54) is 30.6 Å². The lowest BCUT2D eigenvalue weighted by atomic mass is 10.1. The Morgan fingerprint density at radius 1 is 1.07 bits per heavy atom. The second kappa shape index (κ2) is 13.8. The van der Waals surface area contributed by atoms with Crippen LogP contribution < -0.4 is 0 Å². The molecule has 3 rings (SSSR count). The summed E-state index contributed by atoms with van der Waals surface area (Å²) in [5, 5.41) is 0.817. The van der Waals surface area contributed by atoms with Gasteiger partial charge in [-0.1, -0.05) is 58.3 Å². The van der Waals surface area contributed by atoms with Crippen molar-refractivity contribution in [3.8, 4) is 0 Å². The van der Waals surface area contributed by atoms with E-state index in [9.17, 15) is 4.79 Å². The number of rotatable bonds is 10. The zero-order valence-corrected chi connectivity index (χ0v) is 19.2. The Balaban J connectivity index is 0.00000280. The van der Waals surface area contributed by atoms with Gasteiger partial charge in [-0.2, -0.15) is 0 Å². The number of likely N-dealkylation sites (tertiary alicyclic amines) is 1. The number of unbranched alkanes of at least 4 members (excludes halogenated alkanes) is 1. The maximum absolute atomic E-state index is 12.1. The molecule has 0 bridgehead atoms. The Kier molecular flexibility index (Phi) is 11.8. The third kappa shape index (κ3) is 8.98. The lowest BCUT2D eigenvalue weighted by Crippen LogP contribution is -2.38. The number of carbonyl (C=O) groups excluding carboxylic acids is 1. The molecule has 2 aliphatic rings. The average Bonchev–Trinajstić information content (AvgIpc) is 3.21. The lowest BCUT2D eigenvalue weighted by molar-refractivity contribution is -0.151. The highest BCUT2D eigenvalue weighted by molar-refractivity contribution is 8.77. The number of carbonyl (C=O) groups is 1. The van der Waals surface area contributed by atoms with Gasteiger partial charge in [-0.25, -0.2) is 0 Å². The van der Waals surface area contributed by atoms with Crippen molar-refractivity contribution in [2.75, 3.05) is 25.4 Å². The van der Waals surface area contributed by atoms with E-state index in [1.807, 2.05) is 21.6 Å². The van der Waals surface area contributed by atoms with Crippen LogP contribution in [0.1, 0.15) is 56.9 Å². The van der Waals surface area contributed by atoms with Gasteiger partial charge in [0.15, 0.2) is 0 Å². The molecule has 0 radical (unpaired) electrons. The minimum atomic E-state index is 0. The van der Waals surface area contributed by atoms with Crippen LogP contribution in [0, 0.1) is 0 Å². The molecule has 0 saturated carbocycles. The summed E-state index contributed by atoms with van der Waals surface area (Å²) in [6.07, 6.45) is 9.81. The molecule has 6 heteroatoms. The van der Waals surface area contributed by atoms with Gasteiger partial charge in [0, 0.05) is 30.5 Å². The van der Waals surface area contributed by atoms with Crippen molar-refractivity contribution >= 4 is 40.0 Å². The number of esters is 1. The SMILES string of the molecule is Cl.O=C(CCCCC1CCSS1)OC1CCN(CCCc2ccccc2)CC1. The van der Waals surface area contributed by atoms with E-state index in [2.05, 4.69) is 35.2 Å². The van der Waals surface area contributed by atoms with Crippen molar-refractivity contribution < 1.29 is 9.53 Å². The highest BCUT2D eigenvalue weighted by Crippen LogP contribution is 2.39. The van der Waals surface area contributed by atoms with Gasteiger partial charge in [-0.15, -0.1) is 12.4 Å². The number of ether oxygens (including phenoxy) is 1. The van der Waals surface area contributed by atoms with Crippen LogP contribution in [-0.2, 0) is 16.0 Å². The summed E-state index contributed by atoms with van der Waals surface area (Å²) in [7, 11) is 4.02. The molecule has 0 aromatic heterocycles. The Labute approximate surface area is 184 Å². The fourth-order valence-electron chi connectivity index (χ4n) is 3.85. The van der Waals surface area contributed by atoms with Gasteiger partial charge in [0.2, 0.25) is 0 Å². The molecule has 0 aliphatic carbocycles. The molecule has 0 spiro atoms. The van der Waals surface area contributed by atoms with Crippen LogP contribution in [0.3, 0.4) is 0 Å². The Bertz CT molecular complexity index is 547. The highest BCUT2D eigenvalue weighted by atomic mass is 35.5. The topological polar surface area (TPSA) is 29.5 Å². The first-order valence-electron chi connectivity index (χ1n) is 10.5. The summed E-state index contributed by atoms with van der Waals surface area (Å²) in [4.78, 5) is 14.6. The molecule has 1 aromatic rings. The smallest absolute Gasteiger partial charge is 0.306 e. The van der Waals surface area contributed by atoms with Crippen LogP contribution in [0.15, 0.2) is 30.3 Å². The zero-order chi connectivity index (χ0) is 18.7. The molecule has 2 fully saturated rings. The summed E-state index contributed by atoms with van der Waals surface area (Å²) in [5.41, 5.74) is 1.42. The summed E-state index contributed by atoms with van der Waals surface area (Å²) in [5.74, 6) is 1.31. The molecule has 2 aliphatic heterocycles. The number of hydrogen-bond acceptors (Lipinski definition) is 5. The van der Waals surface area contributed by atoms with E-state index in [0.717, 1.165) is 57.0 Å². The number of aryl methyl sites for hydroxylation is 1. The molecule has 2 saturated heterocycles. The fourth-order valence-corrected chi connectivity index (χ4v) is 6.88. The first-order chi connectivity index (χ1) is 13.3. The first kappa shape index (κ1) is 23.9. The van der Waals surface area contributed by atoms with Crippen LogP contribution in [0.4, 0.5) is 0 Å². The standard InChI is InChI=1S/C22H33NO2S2.ClH/c24-22(11-5-4-10-21-14-18-26-27-21)25-20-12-16-23(17-13-20)15-6-9-19-7-2-1-3-8-19;/h1-3,7-8,20-21H,4-6,9-18H2;1H. The van der Waals surface area contributed by atoms with E-state index < -0.39 is 0 Å². The van der Waals surface area contributed by atoms with Crippen LogP contribution in [-0.4, -0.2) is 47.6 Å². The van der Waals surface area contributed by atoms with Crippen molar-refractivity contribution in [2.45, 2.75) is 69.1 Å². The van der Waals surface area contributed by atoms with Crippen molar-refractivity contribution in [3.63, 3.8) is 0 Å². The quantitative estimate of drug-likeness (QED) is 0.260. The third-order valence-electron chi connectivity index (χ3n) is 5.50. The number of halogens is 1. The van der Waals surface area contributed by atoms with Gasteiger partial charge in [0.05, 0.1) is 0 Å². The lowest BCUT2D eigenvalue weighted by Gasteiger charge is -2.31. The molecule has 3 nitrogen and oxygen atoms in total. The number of hydrogen-bond donors (Lipinski definition) is 0. The molecular formula is C22H34ClNO2S2. The van der Waals surface area contributed by atoms with E-state index in [4.69, 9.17) is 4.74 Å². The van der Waals surface area contributed by atoms with E-state index in [0.29, 0.717) is 6.42 Å². The second-order valence-electron chi connectivity index (χ2n) is 7.69. The Morgan fingerprint density at radius 2 is 1.86 bits per heavy atom. The summed E-state index contributed by atoms with van der Waals surface area (Å²) < 4.78 is 5.71. The summed E-state index contributed by atoms with van der Waals surface area (Å²) in [6, 6.07) is 10.7. The average molecular weight is 444 g/mol. The molecule has 28 heavy (non-hydrogen) atoms. The Hall–Kier alpha value is -0.360. The molecule has 0 amide bonds. The molecule has 2 heterocycles. The first-order valence-corrected chi connectivity index (χ1v) is 12.9. The second-order valence-corrected chi connectivity index (χ2v) is 10.5. The number of nitrogens with zero attached hydrogens (tertiary/aromatic N) is 1. The number of piperidine rings is 1. The van der Waals surface area contributed by atoms with Gasteiger partial charge in [0.1, 0.15) is 6.10 Å².